The van der Waals surface area contributed by atoms with Crippen LogP contribution >= 0.6 is 11.5 Å². The molecule has 0 radical (unpaired) electrons. The summed E-state index contributed by atoms with van der Waals surface area (Å²) >= 11 is 1.64. The van der Waals surface area contributed by atoms with Crippen molar-refractivity contribution in [3.8, 4) is 0 Å². The molecule has 3 nitrogen and oxygen atoms in total. The van der Waals surface area contributed by atoms with Crippen LogP contribution in [0.5, 0.6) is 0 Å². The summed E-state index contributed by atoms with van der Waals surface area (Å²) in [5, 5.41) is 5.28. The third-order valence-electron chi connectivity index (χ3n) is 0.980. The fourth-order valence-electron chi connectivity index (χ4n) is 0.520. The minimum absolute atomic E-state index is 1.22. The Kier molecular flexibility index (Phi) is 1.25. The molecule has 44 valence electrons. The monoisotopic (exact) mass is 131 g/mol. The molecule has 0 spiro atoms. The topological polar surface area (TPSA) is 20.6 Å². The van der Waals surface area contributed by atoms with Crippen molar-refractivity contribution in [1.82, 2.24) is 5.21 Å². The third kappa shape index (κ3) is 0.838. The maximum Gasteiger partial charge on any atom is 0.328 e. The zero-order valence-electron chi connectivity index (χ0n) is 5.25. The number of hydrogen-bond donors (Lipinski definition) is 0. The fourth-order valence-corrected chi connectivity index (χ4v) is 1.20. The van der Waals surface area contributed by atoms with Crippen LogP contribution in [0.4, 0.5) is 0 Å². The lowest BCUT2D eigenvalue weighted by molar-refractivity contribution is -0.856. The van der Waals surface area contributed by atoms with Gasteiger partial charge in [0.1, 0.15) is 0 Å². The highest BCUT2D eigenvalue weighted by Crippen LogP contribution is 1.85. The van der Waals surface area contributed by atoms with Crippen molar-refractivity contribution in [3.05, 3.63) is 5.01 Å². The Labute approximate surface area is 52.3 Å². The summed E-state index contributed by atoms with van der Waals surface area (Å²) in [7, 11) is 3.86. The Morgan fingerprint density at radius 2 is 2.12 bits per heavy atom. The van der Waals surface area contributed by atoms with Gasteiger partial charge in [0.25, 0.3) is 5.21 Å². The van der Waals surface area contributed by atoms with Crippen LogP contribution in [0.15, 0.2) is 0 Å². The van der Waals surface area contributed by atoms with Crippen molar-refractivity contribution in [3.63, 3.8) is 0 Å². The van der Waals surface area contributed by atoms with Crippen molar-refractivity contribution in [2.24, 2.45) is 14.1 Å². The smallest absolute Gasteiger partial charge is 0.0182 e. The molecule has 0 saturated carbocycles. The minimum Gasteiger partial charge on any atom is -0.0182 e. The van der Waals surface area contributed by atoms with Crippen molar-refractivity contribution in [2.45, 2.75) is 6.92 Å². The maximum absolute atomic E-state index is 4.06. The van der Waals surface area contributed by atoms with Crippen LogP contribution in [0.1, 0.15) is 5.01 Å². The van der Waals surface area contributed by atoms with Crippen molar-refractivity contribution < 1.29 is 8.75 Å². The standard InChI is InChI=1S/C4H9N3S/c1-4-6(2)5-7(3)8-4/h1-3H3/q+2. The largest absolute Gasteiger partial charge is 0.328 e. The van der Waals surface area contributed by atoms with E-state index in [4.69, 9.17) is 0 Å². The van der Waals surface area contributed by atoms with E-state index in [1.165, 1.54) is 5.01 Å². The maximum atomic E-state index is 4.06. The Morgan fingerprint density at radius 1 is 1.50 bits per heavy atom. The predicted octanol–water partition coefficient (Wildman–Crippen LogP) is -0.899. The second-order valence-corrected chi connectivity index (χ2v) is 2.99. The number of aryl methyl sites for hydroxylation is 3. The van der Waals surface area contributed by atoms with E-state index in [1.807, 2.05) is 29.8 Å². The van der Waals surface area contributed by atoms with Gasteiger partial charge in [0.15, 0.2) is 14.1 Å². The van der Waals surface area contributed by atoms with E-state index in [0.717, 1.165) is 0 Å². The van der Waals surface area contributed by atoms with Gasteiger partial charge in [-0.2, -0.15) is 0 Å². The van der Waals surface area contributed by atoms with Crippen LogP contribution in [0.2, 0.25) is 0 Å². The van der Waals surface area contributed by atoms with Gasteiger partial charge >= 0.3 is 5.01 Å². The number of nitrogens with zero attached hydrogens (tertiary/aromatic N) is 3. The van der Waals surface area contributed by atoms with Crippen LogP contribution < -0.4 is 8.75 Å². The van der Waals surface area contributed by atoms with Crippen molar-refractivity contribution >= 4 is 11.5 Å². The molecule has 4 heteroatoms. The summed E-state index contributed by atoms with van der Waals surface area (Å²) in [6.07, 6.45) is 0. The van der Waals surface area contributed by atoms with Gasteiger partial charge in [0, 0.05) is 11.0 Å². The molecule has 0 aliphatic rings. The lowest BCUT2D eigenvalue weighted by Gasteiger charge is -1.62. The van der Waals surface area contributed by atoms with Gasteiger partial charge in [0.05, 0.1) is 0 Å². The zero-order valence-corrected chi connectivity index (χ0v) is 6.07. The van der Waals surface area contributed by atoms with Crippen LogP contribution in [0.3, 0.4) is 0 Å². The molecule has 0 N–H and O–H groups in total. The quantitative estimate of drug-likeness (QED) is 0.418. The van der Waals surface area contributed by atoms with Gasteiger partial charge in [-0.3, -0.25) is 0 Å². The van der Waals surface area contributed by atoms with Gasteiger partial charge in [0.2, 0.25) is 11.5 Å². The van der Waals surface area contributed by atoms with E-state index < -0.39 is 0 Å². The van der Waals surface area contributed by atoms with Gasteiger partial charge in [-0.15, -0.1) is 0 Å². The SMILES string of the molecule is Cc1s[n+](C)n[n+]1C. The number of hydrogen-bond acceptors (Lipinski definition) is 2. The van der Waals surface area contributed by atoms with E-state index >= 15 is 0 Å². The first-order valence-corrected chi connectivity index (χ1v) is 3.18. The molecule has 0 unspecified atom stereocenters. The molecule has 1 aromatic rings. The summed E-state index contributed by atoms with van der Waals surface area (Å²) in [6, 6.07) is 0. The van der Waals surface area contributed by atoms with Crippen LogP contribution in [-0.4, -0.2) is 5.21 Å². The Bertz CT molecular complexity index is 174. The lowest BCUT2D eigenvalue weighted by Crippen LogP contribution is -2.41. The number of aromatic nitrogens is 3. The summed E-state index contributed by atoms with van der Waals surface area (Å²) < 4.78 is 3.68. The molecule has 0 fully saturated rings. The molecule has 1 aromatic heterocycles. The summed E-state index contributed by atoms with van der Waals surface area (Å²) in [6.45, 7) is 2.04. The van der Waals surface area contributed by atoms with Crippen LogP contribution in [-0.2, 0) is 14.1 Å². The van der Waals surface area contributed by atoms with Gasteiger partial charge < -0.3 is 0 Å². The molecule has 0 bridgehead atoms. The molecule has 1 heterocycles. The molecule has 0 amide bonds. The predicted molar refractivity (Wildman–Crippen MR) is 29.2 cm³/mol. The first kappa shape index (κ1) is 5.62. The molecule has 8 heavy (non-hydrogen) atoms. The molecule has 0 atom stereocenters. The summed E-state index contributed by atoms with van der Waals surface area (Å²) in [5.41, 5.74) is 0. The fraction of sp³-hybridized carbons (Fsp3) is 0.750. The van der Waals surface area contributed by atoms with Crippen LogP contribution in [0, 0.1) is 6.92 Å². The third-order valence-corrected chi connectivity index (χ3v) is 1.85. The molecule has 1 rings (SSSR count). The van der Waals surface area contributed by atoms with Gasteiger partial charge in [-0.1, -0.05) is 0 Å². The second-order valence-electron chi connectivity index (χ2n) is 1.69. The van der Waals surface area contributed by atoms with E-state index in [2.05, 4.69) is 5.21 Å². The number of rotatable bonds is 0. The average molecular weight is 131 g/mol. The first-order valence-electron chi connectivity index (χ1n) is 2.40. The van der Waals surface area contributed by atoms with E-state index in [0.29, 0.717) is 0 Å². The lowest BCUT2D eigenvalue weighted by atomic mass is 10.8. The average Bonchev–Trinajstić information content (AvgIpc) is 1.85. The van der Waals surface area contributed by atoms with Gasteiger partial charge in [-0.25, -0.2) is 0 Å². The molecular weight excluding hydrogens is 122 g/mol. The van der Waals surface area contributed by atoms with Crippen LogP contribution in [0.25, 0.3) is 0 Å². The molecular formula is C4H9N3S+2. The molecule has 0 aliphatic heterocycles. The first-order chi connectivity index (χ1) is 3.70. The summed E-state index contributed by atoms with van der Waals surface area (Å²) in [5.74, 6) is 0. The molecule has 0 aromatic carbocycles. The van der Waals surface area contributed by atoms with Crippen molar-refractivity contribution in [2.75, 3.05) is 0 Å². The van der Waals surface area contributed by atoms with E-state index in [9.17, 15) is 0 Å². The van der Waals surface area contributed by atoms with E-state index in [-0.39, 0.29) is 0 Å². The van der Waals surface area contributed by atoms with Crippen molar-refractivity contribution in [1.29, 1.82) is 0 Å². The molecule has 0 saturated heterocycles. The highest BCUT2D eigenvalue weighted by molar-refractivity contribution is 7.00. The summed E-state index contributed by atoms with van der Waals surface area (Å²) in [4.78, 5) is 0. The van der Waals surface area contributed by atoms with Gasteiger partial charge in [-0.05, 0) is 4.68 Å². The zero-order chi connectivity index (χ0) is 6.15. The normalized spacial score (nSPS) is 9.88. The highest BCUT2D eigenvalue weighted by atomic mass is 32.1. The molecule has 0 aliphatic carbocycles. The minimum atomic E-state index is 1.22. The Morgan fingerprint density at radius 3 is 2.25 bits per heavy atom. The Balaban J connectivity index is 3.14. The van der Waals surface area contributed by atoms with E-state index in [1.54, 1.807) is 11.5 Å². The highest BCUT2D eigenvalue weighted by Gasteiger charge is 2.13. The Hall–Kier alpha value is -0.510. The second kappa shape index (κ2) is 1.78.